The van der Waals surface area contributed by atoms with Gasteiger partial charge in [-0.3, -0.25) is 0 Å². The molecule has 0 unspecified atom stereocenters. The van der Waals surface area contributed by atoms with Crippen molar-refractivity contribution in [2.24, 2.45) is 0 Å². The van der Waals surface area contributed by atoms with Crippen molar-refractivity contribution >= 4 is 21.9 Å². The van der Waals surface area contributed by atoms with E-state index in [-0.39, 0.29) is 6.42 Å². The topological polar surface area (TPSA) is 87.0 Å². The van der Waals surface area contributed by atoms with E-state index in [4.69, 9.17) is 4.74 Å². The van der Waals surface area contributed by atoms with Crippen LogP contribution in [-0.4, -0.2) is 50.0 Å². The van der Waals surface area contributed by atoms with Crippen LogP contribution in [-0.2, 0) is 9.53 Å². The lowest BCUT2D eigenvalue weighted by molar-refractivity contribution is -0.154. The number of hydrogen-bond donors (Lipinski definition) is 3. The summed E-state index contributed by atoms with van der Waals surface area (Å²) in [4.78, 5) is 10.3. The Morgan fingerprint density at radius 3 is 2.69 bits per heavy atom. The van der Waals surface area contributed by atoms with Crippen LogP contribution in [0.2, 0.25) is 0 Å². The lowest BCUT2D eigenvalue weighted by Crippen LogP contribution is -2.57. The second-order valence-electron chi connectivity index (χ2n) is 3.46. The molecule has 0 aromatic rings. The van der Waals surface area contributed by atoms with Crippen LogP contribution < -0.4 is 0 Å². The molecule has 0 amide bonds. The van der Waals surface area contributed by atoms with Crippen LogP contribution in [0.15, 0.2) is 0 Å². The number of rotatable bonds is 0. The summed E-state index contributed by atoms with van der Waals surface area (Å²) in [6.45, 7) is 0. The van der Waals surface area contributed by atoms with Crippen molar-refractivity contribution in [2.75, 3.05) is 0 Å². The molecule has 0 aromatic carbocycles. The maximum absolute atomic E-state index is 11.2. The summed E-state index contributed by atoms with van der Waals surface area (Å²) in [5.74, 6) is -0.782. The van der Waals surface area contributed by atoms with E-state index in [1.807, 2.05) is 0 Å². The molecule has 0 spiro atoms. The number of esters is 1. The normalized spacial score (nSPS) is 54.9. The first kappa shape index (κ1) is 9.39. The highest BCUT2D eigenvalue weighted by atomic mass is 79.9. The molecule has 3 N–H and O–H groups in total. The van der Waals surface area contributed by atoms with E-state index in [1.165, 1.54) is 0 Å². The zero-order valence-electron chi connectivity index (χ0n) is 6.55. The predicted octanol–water partition coefficient (Wildman–Crippen LogP) is -1.47. The highest BCUT2D eigenvalue weighted by Gasteiger charge is 2.62. The zero-order chi connectivity index (χ0) is 9.80. The molecule has 2 rings (SSSR count). The SMILES string of the molecule is O=C1O[C@H]2C[C@@]1(O)[C@H](Br)[C@H](O)[C@H]2O. The van der Waals surface area contributed by atoms with E-state index in [2.05, 4.69) is 15.9 Å². The van der Waals surface area contributed by atoms with Crippen molar-refractivity contribution in [3.8, 4) is 0 Å². The highest BCUT2D eigenvalue weighted by Crippen LogP contribution is 2.41. The summed E-state index contributed by atoms with van der Waals surface area (Å²) in [5, 5.41) is 28.6. The third kappa shape index (κ3) is 1.06. The van der Waals surface area contributed by atoms with Crippen molar-refractivity contribution in [3.05, 3.63) is 0 Å². The van der Waals surface area contributed by atoms with Gasteiger partial charge in [0.1, 0.15) is 12.2 Å². The maximum Gasteiger partial charge on any atom is 0.339 e. The summed E-state index contributed by atoms with van der Waals surface area (Å²) >= 11 is 2.98. The summed E-state index contributed by atoms with van der Waals surface area (Å²) < 4.78 is 4.71. The van der Waals surface area contributed by atoms with Gasteiger partial charge in [0.15, 0.2) is 5.60 Å². The van der Waals surface area contributed by atoms with Crippen LogP contribution in [0.1, 0.15) is 6.42 Å². The number of halogens is 1. The van der Waals surface area contributed by atoms with Crippen LogP contribution in [0.4, 0.5) is 0 Å². The number of carbonyl (C=O) groups excluding carboxylic acids is 1. The monoisotopic (exact) mass is 252 g/mol. The fourth-order valence-electron chi connectivity index (χ4n) is 1.76. The standard InChI is InChI=1S/C7H9BrO5/c8-5-4(10)3(9)2-1-7(5,12)6(11)13-2/h2-5,9-10,12H,1H2/t2-,3-,4+,5+,7+/m0/s1. The molecule has 5 atom stereocenters. The van der Waals surface area contributed by atoms with Gasteiger partial charge >= 0.3 is 5.97 Å². The zero-order valence-corrected chi connectivity index (χ0v) is 8.14. The molecule has 2 bridgehead atoms. The third-order valence-electron chi connectivity index (χ3n) is 2.61. The van der Waals surface area contributed by atoms with Crippen LogP contribution in [0, 0.1) is 0 Å². The van der Waals surface area contributed by atoms with Gasteiger partial charge in [0.25, 0.3) is 0 Å². The van der Waals surface area contributed by atoms with E-state index in [0.29, 0.717) is 0 Å². The number of hydrogen-bond acceptors (Lipinski definition) is 5. The Morgan fingerprint density at radius 2 is 2.08 bits per heavy atom. The molecule has 1 saturated carbocycles. The van der Waals surface area contributed by atoms with Gasteiger partial charge < -0.3 is 20.1 Å². The molecule has 1 heterocycles. The molecule has 6 heteroatoms. The van der Waals surface area contributed by atoms with Gasteiger partial charge in [-0.2, -0.15) is 0 Å². The quantitative estimate of drug-likeness (QED) is 0.362. The van der Waals surface area contributed by atoms with Crippen molar-refractivity contribution in [2.45, 2.75) is 35.2 Å². The van der Waals surface area contributed by atoms with E-state index < -0.39 is 34.7 Å². The Kier molecular flexibility index (Phi) is 1.92. The molecule has 1 aliphatic heterocycles. The Balaban J connectivity index is 2.36. The van der Waals surface area contributed by atoms with Gasteiger partial charge in [0.2, 0.25) is 0 Å². The Labute approximate surface area is 82.4 Å². The number of alkyl halides is 1. The molecular weight excluding hydrogens is 244 g/mol. The van der Waals surface area contributed by atoms with Gasteiger partial charge in [-0.05, 0) is 0 Å². The third-order valence-corrected chi connectivity index (χ3v) is 3.91. The van der Waals surface area contributed by atoms with Crippen molar-refractivity contribution in [3.63, 3.8) is 0 Å². The highest BCUT2D eigenvalue weighted by molar-refractivity contribution is 9.09. The first-order valence-corrected chi connectivity index (χ1v) is 4.82. The number of aliphatic hydroxyl groups is 3. The van der Waals surface area contributed by atoms with Gasteiger partial charge in [-0.25, -0.2) is 4.79 Å². The first-order chi connectivity index (χ1) is 5.97. The number of ether oxygens (including phenoxy) is 1. The maximum atomic E-state index is 11.2. The first-order valence-electron chi connectivity index (χ1n) is 3.90. The fraction of sp³-hybridized carbons (Fsp3) is 0.857. The van der Waals surface area contributed by atoms with Gasteiger partial charge in [-0.1, -0.05) is 15.9 Å². The van der Waals surface area contributed by atoms with Gasteiger partial charge in [0, 0.05) is 6.42 Å². The molecule has 13 heavy (non-hydrogen) atoms. The van der Waals surface area contributed by atoms with Crippen LogP contribution in [0.5, 0.6) is 0 Å². The number of carbonyl (C=O) groups is 1. The van der Waals surface area contributed by atoms with Crippen molar-refractivity contribution in [1.82, 2.24) is 0 Å². The molecule has 1 saturated heterocycles. The second kappa shape index (κ2) is 2.66. The van der Waals surface area contributed by atoms with Crippen molar-refractivity contribution < 1.29 is 24.9 Å². The number of aliphatic hydroxyl groups excluding tert-OH is 2. The van der Waals surface area contributed by atoms with Crippen molar-refractivity contribution in [1.29, 1.82) is 0 Å². The smallest absolute Gasteiger partial charge is 0.339 e. The van der Waals surface area contributed by atoms with E-state index in [9.17, 15) is 20.1 Å². The van der Waals surface area contributed by atoms with Crippen LogP contribution >= 0.6 is 15.9 Å². The molecule has 5 nitrogen and oxygen atoms in total. The van der Waals surface area contributed by atoms with E-state index in [0.717, 1.165) is 0 Å². The Hall–Kier alpha value is -0.170. The van der Waals surface area contributed by atoms with Crippen LogP contribution in [0.3, 0.4) is 0 Å². The second-order valence-corrected chi connectivity index (χ2v) is 4.44. The molecule has 0 radical (unpaired) electrons. The lowest BCUT2D eigenvalue weighted by Gasteiger charge is -2.35. The Morgan fingerprint density at radius 1 is 1.46 bits per heavy atom. The summed E-state index contributed by atoms with van der Waals surface area (Å²) in [6.07, 6.45) is -3.08. The molecule has 2 fully saturated rings. The largest absolute Gasteiger partial charge is 0.457 e. The predicted molar refractivity (Wildman–Crippen MR) is 44.2 cm³/mol. The molecule has 0 aromatic heterocycles. The molecule has 2 aliphatic rings. The summed E-state index contributed by atoms with van der Waals surface area (Å²) in [6, 6.07) is 0. The average molecular weight is 253 g/mol. The van der Waals surface area contributed by atoms with Crippen LogP contribution in [0.25, 0.3) is 0 Å². The summed E-state index contributed by atoms with van der Waals surface area (Å²) in [7, 11) is 0. The number of fused-ring (bicyclic) bond motifs is 2. The van der Waals surface area contributed by atoms with E-state index in [1.54, 1.807) is 0 Å². The molecule has 1 aliphatic carbocycles. The minimum Gasteiger partial charge on any atom is -0.457 e. The van der Waals surface area contributed by atoms with Gasteiger partial charge in [0.05, 0.1) is 10.9 Å². The minimum atomic E-state index is -1.69. The minimum absolute atomic E-state index is 0.0278. The lowest BCUT2D eigenvalue weighted by atomic mass is 9.82. The Bertz CT molecular complexity index is 257. The molecular formula is C7H9BrO5. The van der Waals surface area contributed by atoms with Gasteiger partial charge in [-0.15, -0.1) is 0 Å². The van der Waals surface area contributed by atoms with E-state index >= 15 is 0 Å². The average Bonchev–Trinajstić information content (AvgIpc) is 2.37. The molecule has 74 valence electrons. The fourth-order valence-corrected chi connectivity index (χ4v) is 2.45. The summed E-state index contributed by atoms with van der Waals surface area (Å²) in [5.41, 5.74) is -1.69.